The van der Waals surface area contributed by atoms with Gasteiger partial charge in [0.25, 0.3) is 5.56 Å². The van der Waals surface area contributed by atoms with Crippen molar-refractivity contribution in [3.8, 4) is 0 Å². The van der Waals surface area contributed by atoms with Gasteiger partial charge in [-0.05, 0) is 37.5 Å². The van der Waals surface area contributed by atoms with Gasteiger partial charge >= 0.3 is 0 Å². The number of carbonyl (C=O) groups is 2. The highest BCUT2D eigenvalue weighted by atomic mass is 32.2. The van der Waals surface area contributed by atoms with Crippen LogP contribution in [-0.2, 0) is 15.3 Å². The summed E-state index contributed by atoms with van der Waals surface area (Å²) >= 11 is 2.77. The second kappa shape index (κ2) is 11.5. The van der Waals surface area contributed by atoms with Gasteiger partial charge in [0.05, 0.1) is 11.4 Å². The molecule has 2 aromatic heterocycles. The number of hydrogen-bond acceptors (Lipinski definition) is 7. The lowest BCUT2D eigenvalue weighted by atomic mass is 10.1. The first-order chi connectivity index (χ1) is 16.5. The third-order valence-corrected chi connectivity index (χ3v) is 7.38. The zero-order valence-electron chi connectivity index (χ0n) is 19.2. The molecule has 0 spiro atoms. The maximum absolute atomic E-state index is 12.9. The predicted octanol–water partition coefficient (Wildman–Crippen LogP) is 3.51. The Balaban J connectivity index is 1.30. The van der Waals surface area contributed by atoms with Crippen LogP contribution in [0.1, 0.15) is 38.3 Å². The number of amides is 2. The molecule has 0 radical (unpaired) electrons. The van der Waals surface area contributed by atoms with Crippen molar-refractivity contribution in [2.24, 2.45) is 0 Å². The van der Waals surface area contributed by atoms with Crippen molar-refractivity contribution in [3.63, 3.8) is 0 Å². The summed E-state index contributed by atoms with van der Waals surface area (Å²) in [6.45, 7) is 4.06. The molecule has 10 heteroatoms. The Labute approximate surface area is 206 Å². The average Bonchev–Trinajstić information content (AvgIpc) is 3.52. The molecule has 2 N–H and O–H groups in total. The molecule has 2 amide bonds. The van der Waals surface area contributed by atoms with Gasteiger partial charge in [-0.3, -0.25) is 18.8 Å². The lowest BCUT2D eigenvalue weighted by molar-refractivity contribution is -0.125. The first-order valence-corrected chi connectivity index (χ1v) is 13.6. The maximum Gasteiger partial charge on any atom is 0.258 e. The molecule has 180 valence electrons. The summed E-state index contributed by atoms with van der Waals surface area (Å²) in [6.07, 6.45) is 5.40. The molecule has 0 aliphatic carbocycles. The van der Waals surface area contributed by atoms with Crippen molar-refractivity contribution in [2.45, 2.75) is 44.4 Å². The number of anilines is 2. The fraction of sp³-hybridized carbons (Fsp3) is 0.417. The fourth-order valence-corrected chi connectivity index (χ4v) is 5.46. The van der Waals surface area contributed by atoms with E-state index in [0.29, 0.717) is 22.8 Å². The standard InChI is InChI=1S/C24H29N5O3S2/c1-2-6-20(23(32)25-17-7-5-8-19(13-17)28-9-3-4-10-28)27-21(30)16-33-15-18-14-22(31)29-11-12-34-24(29)26-18/h5,7-8,11-14,20H,2-4,6,9-10,15-16H2,1H3,(H,25,32)(H,27,30). The van der Waals surface area contributed by atoms with Crippen LogP contribution in [0.4, 0.5) is 11.4 Å². The summed E-state index contributed by atoms with van der Waals surface area (Å²) in [7, 11) is 0. The lowest BCUT2D eigenvalue weighted by Gasteiger charge is -2.20. The van der Waals surface area contributed by atoms with Gasteiger partial charge in [-0.1, -0.05) is 19.4 Å². The van der Waals surface area contributed by atoms with Gasteiger partial charge in [-0.2, -0.15) is 0 Å². The summed E-state index contributed by atoms with van der Waals surface area (Å²) in [4.78, 5) is 45.0. The van der Waals surface area contributed by atoms with E-state index in [0.717, 1.165) is 30.9 Å². The molecule has 1 aromatic carbocycles. The second-order valence-corrected chi connectivity index (χ2v) is 10.1. The molecule has 1 unspecified atom stereocenters. The zero-order valence-corrected chi connectivity index (χ0v) is 20.8. The highest BCUT2D eigenvalue weighted by Crippen LogP contribution is 2.23. The summed E-state index contributed by atoms with van der Waals surface area (Å²) in [6, 6.07) is 8.76. The molecule has 3 aromatic rings. The van der Waals surface area contributed by atoms with Crippen LogP contribution in [-0.4, -0.2) is 46.1 Å². The molecule has 3 heterocycles. The van der Waals surface area contributed by atoms with Gasteiger partial charge in [0, 0.05) is 47.9 Å². The van der Waals surface area contributed by atoms with Gasteiger partial charge in [-0.15, -0.1) is 23.1 Å². The van der Waals surface area contributed by atoms with Gasteiger partial charge in [0.1, 0.15) is 6.04 Å². The van der Waals surface area contributed by atoms with E-state index >= 15 is 0 Å². The Morgan fingerprint density at radius 3 is 2.85 bits per heavy atom. The van der Waals surface area contributed by atoms with Crippen LogP contribution in [0.25, 0.3) is 4.96 Å². The molecular weight excluding hydrogens is 470 g/mol. The summed E-state index contributed by atoms with van der Waals surface area (Å²) in [5, 5.41) is 7.65. The number of nitrogens with one attached hydrogen (secondary N) is 2. The van der Waals surface area contributed by atoms with E-state index in [4.69, 9.17) is 0 Å². The smallest absolute Gasteiger partial charge is 0.258 e. The number of hydrogen-bond donors (Lipinski definition) is 2. The van der Waals surface area contributed by atoms with E-state index in [-0.39, 0.29) is 23.1 Å². The highest BCUT2D eigenvalue weighted by molar-refractivity contribution is 7.99. The zero-order chi connectivity index (χ0) is 23.9. The number of thioether (sulfide) groups is 1. The fourth-order valence-electron chi connectivity index (χ4n) is 3.99. The van der Waals surface area contributed by atoms with E-state index in [1.54, 1.807) is 6.20 Å². The van der Waals surface area contributed by atoms with E-state index < -0.39 is 6.04 Å². The molecule has 1 aliphatic heterocycles. The summed E-state index contributed by atoms with van der Waals surface area (Å²) in [5.41, 5.74) is 2.36. The van der Waals surface area contributed by atoms with Crippen LogP contribution >= 0.6 is 23.1 Å². The van der Waals surface area contributed by atoms with Crippen LogP contribution in [0.3, 0.4) is 0 Å². The normalized spacial score (nSPS) is 14.3. The number of nitrogens with zero attached hydrogens (tertiary/aromatic N) is 3. The minimum absolute atomic E-state index is 0.125. The number of carbonyl (C=O) groups excluding carboxylic acids is 2. The molecule has 1 aliphatic rings. The van der Waals surface area contributed by atoms with Gasteiger partial charge < -0.3 is 15.5 Å². The van der Waals surface area contributed by atoms with Crippen LogP contribution in [0.15, 0.2) is 46.7 Å². The predicted molar refractivity (Wildman–Crippen MR) is 139 cm³/mol. The molecule has 34 heavy (non-hydrogen) atoms. The van der Waals surface area contributed by atoms with E-state index in [9.17, 15) is 14.4 Å². The quantitative estimate of drug-likeness (QED) is 0.443. The molecule has 0 saturated carbocycles. The Hall–Kier alpha value is -2.85. The van der Waals surface area contributed by atoms with Crippen molar-refractivity contribution in [2.75, 3.05) is 29.1 Å². The van der Waals surface area contributed by atoms with E-state index in [2.05, 4.69) is 26.6 Å². The van der Waals surface area contributed by atoms with E-state index in [1.165, 1.54) is 46.4 Å². The first kappa shape index (κ1) is 24.3. The SMILES string of the molecule is CCCC(NC(=O)CSCc1cc(=O)n2ccsc2n1)C(=O)Nc1cccc(N2CCCC2)c1. The molecule has 0 bridgehead atoms. The van der Waals surface area contributed by atoms with Crippen LogP contribution < -0.4 is 21.1 Å². The van der Waals surface area contributed by atoms with Crippen molar-refractivity contribution in [1.82, 2.24) is 14.7 Å². The minimum Gasteiger partial charge on any atom is -0.371 e. The molecule has 1 fully saturated rings. The second-order valence-electron chi connectivity index (χ2n) is 8.28. The molecule has 1 saturated heterocycles. The average molecular weight is 500 g/mol. The van der Waals surface area contributed by atoms with Crippen molar-refractivity contribution in [1.29, 1.82) is 0 Å². The number of fused-ring (bicyclic) bond motifs is 1. The minimum atomic E-state index is -0.598. The number of thiazole rings is 1. The molecule has 1 atom stereocenters. The highest BCUT2D eigenvalue weighted by Gasteiger charge is 2.21. The van der Waals surface area contributed by atoms with Crippen LogP contribution in [0, 0.1) is 0 Å². The third kappa shape index (κ3) is 6.18. The Morgan fingerprint density at radius 2 is 2.06 bits per heavy atom. The maximum atomic E-state index is 12.9. The Bertz CT molecular complexity index is 1200. The first-order valence-electron chi connectivity index (χ1n) is 11.5. The summed E-state index contributed by atoms with van der Waals surface area (Å²) < 4.78 is 1.50. The van der Waals surface area contributed by atoms with Gasteiger partial charge in [0.2, 0.25) is 11.8 Å². The van der Waals surface area contributed by atoms with Crippen LogP contribution in [0.2, 0.25) is 0 Å². The summed E-state index contributed by atoms with van der Waals surface area (Å²) in [5.74, 6) is 0.212. The van der Waals surface area contributed by atoms with Crippen molar-refractivity contribution >= 4 is 51.2 Å². The number of aromatic nitrogens is 2. The largest absolute Gasteiger partial charge is 0.371 e. The van der Waals surface area contributed by atoms with Gasteiger partial charge in [-0.25, -0.2) is 4.98 Å². The topological polar surface area (TPSA) is 95.8 Å². The van der Waals surface area contributed by atoms with Crippen LogP contribution in [0.5, 0.6) is 0 Å². The van der Waals surface area contributed by atoms with Crippen molar-refractivity contribution < 1.29 is 9.59 Å². The van der Waals surface area contributed by atoms with Gasteiger partial charge in [0.15, 0.2) is 4.96 Å². The Kier molecular flexibility index (Phi) is 8.23. The third-order valence-electron chi connectivity index (χ3n) is 5.65. The molecule has 8 nitrogen and oxygen atoms in total. The number of benzene rings is 1. The lowest BCUT2D eigenvalue weighted by Crippen LogP contribution is -2.44. The van der Waals surface area contributed by atoms with E-state index in [1.807, 2.05) is 30.5 Å². The molecular formula is C24H29N5O3S2. The monoisotopic (exact) mass is 499 g/mol. The van der Waals surface area contributed by atoms with Crippen molar-refractivity contribution in [3.05, 3.63) is 58.0 Å². The number of rotatable bonds is 10. The Morgan fingerprint density at radius 1 is 1.24 bits per heavy atom. The molecule has 4 rings (SSSR count).